The summed E-state index contributed by atoms with van der Waals surface area (Å²) in [5.41, 5.74) is 0. The minimum atomic E-state index is -0.0653. The highest BCUT2D eigenvalue weighted by atomic mass is 16.2. The first-order chi connectivity index (χ1) is 7.77. The fourth-order valence-electron chi connectivity index (χ4n) is 1.96. The van der Waals surface area contributed by atoms with Crippen LogP contribution >= 0.6 is 0 Å². The monoisotopic (exact) mass is 219 g/mol. The third-order valence-corrected chi connectivity index (χ3v) is 2.98. The number of nitrogens with zero attached hydrogens (tertiary/aromatic N) is 2. The molecule has 0 aromatic carbocycles. The van der Waals surface area contributed by atoms with Crippen LogP contribution in [0.1, 0.15) is 19.8 Å². The average molecular weight is 219 g/mol. The van der Waals surface area contributed by atoms with Gasteiger partial charge in [0.25, 0.3) is 0 Å². The number of aromatic nitrogens is 1. The molecule has 16 heavy (non-hydrogen) atoms. The van der Waals surface area contributed by atoms with Crippen molar-refractivity contribution in [3.8, 4) is 0 Å². The number of hydrogen-bond donors (Lipinski definition) is 1. The molecule has 1 unspecified atom stereocenters. The van der Waals surface area contributed by atoms with Crippen molar-refractivity contribution in [2.24, 2.45) is 0 Å². The molecule has 0 radical (unpaired) electrons. The molecule has 1 aromatic rings. The van der Waals surface area contributed by atoms with Gasteiger partial charge in [-0.15, -0.1) is 0 Å². The lowest BCUT2D eigenvalue weighted by Crippen LogP contribution is -2.40. The van der Waals surface area contributed by atoms with E-state index in [-0.39, 0.29) is 11.9 Å². The number of rotatable bonds is 3. The van der Waals surface area contributed by atoms with Crippen LogP contribution in [0.3, 0.4) is 0 Å². The average Bonchev–Trinajstić information content (AvgIpc) is 2.83. The Hall–Kier alpha value is -1.42. The van der Waals surface area contributed by atoms with Gasteiger partial charge in [0.05, 0.1) is 6.04 Å². The summed E-state index contributed by atoms with van der Waals surface area (Å²) >= 11 is 0. The van der Waals surface area contributed by atoms with Gasteiger partial charge >= 0.3 is 0 Å². The Labute approximate surface area is 95.7 Å². The molecule has 1 saturated heterocycles. The molecule has 0 spiro atoms. The smallest absolute Gasteiger partial charge is 0.242 e. The van der Waals surface area contributed by atoms with Gasteiger partial charge in [-0.1, -0.05) is 6.07 Å². The molecule has 0 saturated carbocycles. The first kappa shape index (κ1) is 11.1. The molecular weight excluding hydrogens is 202 g/mol. The van der Waals surface area contributed by atoms with E-state index in [1.807, 2.05) is 19.1 Å². The number of carbonyl (C=O) groups excluding carboxylic acids is 1. The van der Waals surface area contributed by atoms with Gasteiger partial charge in [0.15, 0.2) is 0 Å². The molecule has 4 heteroatoms. The largest absolute Gasteiger partial charge is 0.309 e. The van der Waals surface area contributed by atoms with E-state index in [4.69, 9.17) is 0 Å². The molecule has 1 atom stereocenters. The summed E-state index contributed by atoms with van der Waals surface area (Å²) in [6.45, 7) is 4.00. The van der Waals surface area contributed by atoms with E-state index in [0.717, 1.165) is 13.1 Å². The quantitative estimate of drug-likeness (QED) is 0.838. The molecule has 1 aromatic heterocycles. The van der Waals surface area contributed by atoms with Crippen LogP contribution in [-0.4, -0.2) is 34.9 Å². The van der Waals surface area contributed by atoms with Crippen LogP contribution in [0, 0.1) is 0 Å². The van der Waals surface area contributed by atoms with Crippen LogP contribution in [0.15, 0.2) is 24.4 Å². The lowest BCUT2D eigenvalue weighted by Gasteiger charge is -2.22. The van der Waals surface area contributed by atoms with Crippen molar-refractivity contribution in [1.29, 1.82) is 0 Å². The maximum Gasteiger partial charge on any atom is 0.242 e. The van der Waals surface area contributed by atoms with Crippen LogP contribution in [-0.2, 0) is 4.79 Å². The number of likely N-dealkylation sites (tertiary alicyclic amines) is 1. The SMILES string of the molecule is CC(C(=O)Nc1ccccn1)N1CCCC1. The Morgan fingerprint density at radius 1 is 1.44 bits per heavy atom. The minimum Gasteiger partial charge on any atom is -0.309 e. The second-order valence-corrected chi connectivity index (χ2v) is 4.12. The van der Waals surface area contributed by atoms with Crippen molar-refractivity contribution in [1.82, 2.24) is 9.88 Å². The van der Waals surface area contributed by atoms with E-state index >= 15 is 0 Å². The van der Waals surface area contributed by atoms with Crippen LogP contribution in [0.4, 0.5) is 5.82 Å². The number of carbonyl (C=O) groups is 1. The van der Waals surface area contributed by atoms with Crippen molar-refractivity contribution in [3.05, 3.63) is 24.4 Å². The zero-order valence-electron chi connectivity index (χ0n) is 9.52. The maximum atomic E-state index is 11.9. The number of hydrogen-bond acceptors (Lipinski definition) is 3. The summed E-state index contributed by atoms with van der Waals surface area (Å²) in [6.07, 6.45) is 4.07. The molecule has 2 rings (SSSR count). The third kappa shape index (κ3) is 2.58. The Morgan fingerprint density at radius 3 is 2.81 bits per heavy atom. The van der Waals surface area contributed by atoms with Crippen LogP contribution in [0.5, 0.6) is 0 Å². The van der Waals surface area contributed by atoms with Crippen molar-refractivity contribution >= 4 is 11.7 Å². The second-order valence-electron chi connectivity index (χ2n) is 4.12. The van der Waals surface area contributed by atoms with E-state index < -0.39 is 0 Å². The van der Waals surface area contributed by atoms with Crippen molar-refractivity contribution < 1.29 is 4.79 Å². The highest BCUT2D eigenvalue weighted by Crippen LogP contribution is 2.12. The number of anilines is 1. The van der Waals surface area contributed by atoms with E-state index in [1.54, 1.807) is 12.3 Å². The van der Waals surface area contributed by atoms with Gasteiger partial charge in [-0.05, 0) is 45.0 Å². The highest BCUT2D eigenvalue weighted by molar-refractivity contribution is 5.93. The molecule has 4 nitrogen and oxygen atoms in total. The first-order valence-corrected chi connectivity index (χ1v) is 5.73. The van der Waals surface area contributed by atoms with Gasteiger partial charge in [0, 0.05) is 6.20 Å². The molecule has 1 aliphatic heterocycles. The third-order valence-electron chi connectivity index (χ3n) is 2.98. The van der Waals surface area contributed by atoms with Crippen molar-refractivity contribution in [2.75, 3.05) is 18.4 Å². The minimum absolute atomic E-state index is 0.0283. The normalized spacial score (nSPS) is 18.3. The fourth-order valence-corrected chi connectivity index (χ4v) is 1.96. The summed E-state index contributed by atoms with van der Waals surface area (Å²) in [5, 5.41) is 2.83. The summed E-state index contributed by atoms with van der Waals surface area (Å²) < 4.78 is 0. The van der Waals surface area contributed by atoms with Gasteiger partial charge in [-0.3, -0.25) is 9.69 Å². The summed E-state index contributed by atoms with van der Waals surface area (Å²) in [4.78, 5) is 18.2. The van der Waals surface area contributed by atoms with E-state index in [1.165, 1.54) is 12.8 Å². The zero-order valence-corrected chi connectivity index (χ0v) is 9.52. The molecule has 0 aliphatic carbocycles. The van der Waals surface area contributed by atoms with Gasteiger partial charge in [-0.2, -0.15) is 0 Å². The van der Waals surface area contributed by atoms with E-state index in [0.29, 0.717) is 5.82 Å². The number of pyridine rings is 1. The zero-order chi connectivity index (χ0) is 11.4. The van der Waals surface area contributed by atoms with Crippen LogP contribution < -0.4 is 5.32 Å². The van der Waals surface area contributed by atoms with Gasteiger partial charge in [0.1, 0.15) is 5.82 Å². The molecule has 86 valence electrons. The fraction of sp³-hybridized carbons (Fsp3) is 0.500. The molecule has 1 amide bonds. The molecule has 1 fully saturated rings. The predicted molar refractivity (Wildman–Crippen MR) is 63.1 cm³/mol. The first-order valence-electron chi connectivity index (χ1n) is 5.73. The maximum absolute atomic E-state index is 11.9. The summed E-state index contributed by atoms with van der Waals surface area (Å²) in [6, 6.07) is 5.43. The number of nitrogens with one attached hydrogen (secondary N) is 1. The van der Waals surface area contributed by atoms with Gasteiger partial charge in [0.2, 0.25) is 5.91 Å². The molecular formula is C12H17N3O. The second kappa shape index (κ2) is 5.07. The summed E-state index contributed by atoms with van der Waals surface area (Å²) in [5.74, 6) is 0.652. The molecule has 0 bridgehead atoms. The molecule has 2 heterocycles. The van der Waals surface area contributed by atoms with Crippen molar-refractivity contribution in [2.45, 2.75) is 25.8 Å². The van der Waals surface area contributed by atoms with E-state index in [2.05, 4.69) is 15.2 Å². The Bertz CT molecular complexity index is 347. The summed E-state index contributed by atoms with van der Waals surface area (Å²) in [7, 11) is 0. The van der Waals surface area contributed by atoms with E-state index in [9.17, 15) is 4.79 Å². The van der Waals surface area contributed by atoms with Crippen LogP contribution in [0.2, 0.25) is 0 Å². The standard InChI is InChI=1S/C12H17N3O/c1-10(15-8-4-5-9-15)12(16)14-11-6-2-3-7-13-11/h2-3,6-7,10H,4-5,8-9H2,1H3,(H,13,14,16). The Kier molecular flexibility index (Phi) is 3.51. The lowest BCUT2D eigenvalue weighted by molar-refractivity contribution is -0.120. The number of amides is 1. The predicted octanol–water partition coefficient (Wildman–Crippen LogP) is 1.50. The van der Waals surface area contributed by atoms with Crippen molar-refractivity contribution in [3.63, 3.8) is 0 Å². The topological polar surface area (TPSA) is 45.2 Å². The molecule has 1 N–H and O–H groups in total. The Balaban J connectivity index is 1.92. The Morgan fingerprint density at radius 2 is 2.19 bits per heavy atom. The molecule has 1 aliphatic rings. The van der Waals surface area contributed by atoms with Crippen LogP contribution in [0.25, 0.3) is 0 Å². The van der Waals surface area contributed by atoms with Gasteiger partial charge in [-0.25, -0.2) is 4.98 Å². The highest BCUT2D eigenvalue weighted by Gasteiger charge is 2.23. The lowest BCUT2D eigenvalue weighted by atomic mass is 10.3. The van der Waals surface area contributed by atoms with Gasteiger partial charge < -0.3 is 5.32 Å².